The molecule has 0 aliphatic carbocycles. The molecule has 2 aromatic heterocycles. The molecule has 1 saturated heterocycles. The zero-order chi connectivity index (χ0) is 26.1. The molecule has 5 rings (SSSR count). The number of likely N-dealkylation sites (N-methyl/N-ethyl adjacent to an activating group) is 2. The number of aromatic amines is 1. The number of aliphatic hydroxyl groups is 1. The maximum atomic E-state index is 12.7. The van der Waals surface area contributed by atoms with E-state index < -0.39 is 6.10 Å². The van der Waals surface area contributed by atoms with Crippen LogP contribution in [0.3, 0.4) is 0 Å². The Morgan fingerprint density at radius 2 is 1.92 bits per heavy atom. The molecule has 1 aliphatic rings. The quantitative estimate of drug-likeness (QED) is 0.371. The van der Waals surface area contributed by atoms with Gasteiger partial charge in [-0.2, -0.15) is 0 Å². The van der Waals surface area contributed by atoms with Crippen LogP contribution in [0.15, 0.2) is 60.9 Å². The molecule has 2 unspecified atom stereocenters. The van der Waals surface area contributed by atoms with E-state index >= 15 is 0 Å². The van der Waals surface area contributed by atoms with E-state index in [0.717, 1.165) is 34.3 Å². The fraction of sp³-hybridized carbons (Fsp3) is 0.355. The Kier molecular flexibility index (Phi) is 7.13. The predicted octanol–water partition coefficient (Wildman–Crippen LogP) is 5.47. The van der Waals surface area contributed by atoms with Crippen LogP contribution in [-0.4, -0.2) is 70.6 Å². The second-order valence-electron chi connectivity index (χ2n) is 10.6. The molecule has 37 heavy (non-hydrogen) atoms. The topological polar surface area (TPSA) is 72.5 Å². The molecule has 6 heteroatoms. The van der Waals surface area contributed by atoms with Crippen molar-refractivity contribution in [2.45, 2.75) is 38.7 Å². The van der Waals surface area contributed by atoms with Gasteiger partial charge in [0.2, 0.25) is 0 Å². The molecule has 0 spiro atoms. The van der Waals surface area contributed by atoms with Crippen LogP contribution in [0.2, 0.25) is 0 Å². The third kappa shape index (κ3) is 5.31. The highest BCUT2D eigenvalue weighted by Gasteiger charge is 2.21. The average molecular weight is 497 g/mol. The number of nitrogens with zero attached hydrogens (tertiary/aromatic N) is 3. The number of likely N-dealkylation sites (tertiary alicyclic amines) is 1. The van der Waals surface area contributed by atoms with E-state index in [0.29, 0.717) is 18.0 Å². The van der Waals surface area contributed by atoms with Gasteiger partial charge in [0, 0.05) is 54.6 Å². The zero-order valence-electron chi connectivity index (χ0n) is 22.2. The first kappa shape index (κ1) is 25.2. The van der Waals surface area contributed by atoms with Gasteiger partial charge in [-0.25, -0.2) is 4.98 Å². The minimum Gasteiger partial charge on any atom is -0.392 e. The van der Waals surface area contributed by atoms with Crippen LogP contribution in [0.25, 0.3) is 33.3 Å². The SMILES string of the molecule is Cc1cc(-c2cnc3[nH]cc(-c4ccc(C(=O)N(C)CC(C)O)cc4)c3c2)ccc1C1CCCN(C)C1. The minimum atomic E-state index is -0.560. The second kappa shape index (κ2) is 10.5. The van der Waals surface area contributed by atoms with E-state index in [1.807, 2.05) is 36.7 Å². The number of nitrogens with one attached hydrogen (secondary N) is 1. The molecule has 6 nitrogen and oxygen atoms in total. The number of carbonyl (C=O) groups excluding carboxylic acids is 1. The number of hydrogen-bond donors (Lipinski definition) is 2. The number of aromatic nitrogens is 2. The summed E-state index contributed by atoms with van der Waals surface area (Å²) in [6, 6.07) is 16.7. The third-order valence-electron chi connectivity index (χ3n) is 7.53. The molecule has 2 N–H and O–H groups in total. The van der Waals surface area contributed by atoms with Gasteiger partial charge >= 0.3 is 0 Å². The number of fused-ring (bicyclic) bond motifs is 1. The van der Waals surface area contributed by atoms with E-state index in [2.05, 4.69) is 48.1 Å². The molecule has 3 heterocycles. The third-order valence-corrected chi connectivity index (χ3v) is 7.53. The molecular formula is C31H36N4O2. The summed E-state index contributed by atoms with van der Waals surface area (Å²) in [5, 5.41) is 10.6. The fourth-order valence-electron chi connectivity index (χ4n) is 5.63. The molecular weight excluding hydrogens is 460 g/mol. The largest absolute Gasteiger partial charge is 0.392 e. The number of hydrogen-bond acceptors (Lipinski definition) is 4. The second-order valence-corrected chi connectivity index (χ2v) is 10.6. The van der Waals surface area contributed by atoms with Crippen molar-refractivity contribution in [1.82, 2.24) is 19.8 Å². The Morgan fingerprint density at radius 1 is 1.16 bits per heavy atom. The lowest BCUT2D eigenvalue weighted by Gasteiger charge is -2.31. The van der Waals surface area contributed by atoms with Crippen molar-refractivity contribution in [3.63, 3.8) is 0 Å². The Bertz CT molecular complexity index is 1410. The summed E-state index contributed by atoms with van der Waals surface area (Å²) in [7, 11) is 3.92. The summed E-state index contributed by atoms with van der Waals surface area (Å²) in [6.07, 6.45) is 5.87. The van der Waals surface area contributed by atoms with E-state index in [1.165, 1.54) is 36.1 Å². The van der Waals surface area contributed by atoms with Crippen molar-refractivity contribution < 1.29 is 9.90 Å². The summed E-state index contributed by atoms with van der Waals surface area (Å²) in [5.41, 5.74) is 8.59. The minimum absolute atomic E-state index is 0.103. The van der Waals surface area contributed by atoms with Crippen LogP contribution >= 0.6 is 0 Å². The van der Waals surface area contributed by atoms with Crippen LogP contribution < -0.4 is 0 Å². The van der Waals surface area contributed by atoms with Crippen LogP contribution in [-0.2, 0) is 0 Å². The molecule has 0 radical (unpaired) electrons. The number of pyridine rings is 1. The van der Waals surface area contributed by atoms with Crippen LogP contribution in [0.4, 0.5) is 0 Å². The lowest BCUT2D eigenvalue weighted by molar-refractivity contribution is 0.0703. The summed E-state index contributed by atoms with van der Waals surface area (Å²) < 4.78 is 0. The van der Waals surface area contributed by atoms with E-state index in [9.17, 15) is 9.90 Å². The molecule has 1 aliphatic heterocycles. The lowest BCUT2D eigenvalue weighted by Crippen LogP contribution is -2.32. The van der Waals surface area contributed by atoms with Crippen LogP contribution in [0, 0.1) is 6.92 Å². The van der Waals surface area contributed by atoms with Gasteiger partial charge in [-0.1, -0.05) is 30.3 Å². The maximum absolute atomic E-state index is 12.7. The predicted molar refractivity (Wildman–Crippen MR) is 150 cm³/mol. The average Bonchev–Trinajstić information content (AvgIpc) is 3.31. The van der Waals surface area contributed by atoms with Gasteiger partial charge in [-0.15, -0.1) is 0 Å². The zero-order valence-corrected chi connectivity index (χ0v) is 22.2. The number of aryl methyl sites for hydroxylation is 1. The van der Waals surface area contributed by atoms with Gasteiger partial charge in [0.25, 0.3) is 5.91 Å². The van der Waals surface area contributed by atoms with E-state index in [-0.39, 0.29) is 5.91 Å². The summed E-state index contributed by atoms with van der Waals surface area (Å²) in [4.78, 5) is 24.6. The maximum Gasteiger partial charge on any atom is 0.253 e. The Balaban J connectivity index is 1.41. The Hall–Kier alpha value is -3.48. The molecule has 1 fully saturated rings. The monoisotopic (exact) mass is 496 g/mol. The van der Waals surface area contributed by atoms with Crippen molar-refractivity contribution in [2.75, 3.05) is 33.7 Å². The Morgan fingerprint density at radius 3 is 2.62 bits per heavy atom. The molecule has 1 amide bonds. The van der Waals surface area contributed by atoms with E-state index in [1.54, 1.807) is 18.9 Å². The highest BCUT2D eigenvalue weighted by Crippen LogP contribution is 2.34. The van der Waals surface area contributed by atoms with Gasteiger partial charge in [-0.05, 0) is 86.7 Å². The number of piperidine rings is 1. The lowest BCUT2D eigenvalue weighted by atomic mass is 9.87. The van der Waals surface area contributed by atoms with Crippen molar-refractivity contribution >= 4 is 16.9 Å². The van der Waals surface area contributed by atoms with Gasteiger partial charge < -0.3 is 19.9 Å². The van der Waals surface area contributed by atoms with Gasteiger partial charge in [0.15, 0.2) is 0 Å². The Labute approximate surface area is 219 Å². The number of H-pyrrole nitrogens is 1. The highest BCUT2D eigenvalue weighted by atomic mass is 16.3. The molecule has 2 atom stereocenters. The summed E-state index contributed by atoms with van der Waals surface area (Å²) in [6.45, 7) is 6.52. The van der Waals surface area contributed by atoms with Crippen molar-refractivity contribution in [3.8, 4) is 22.3 Å². The number of rotatable bonds is 6. The molecule has 0 bridgehead atoms. The first-order valence-corrected chi connectivity index (χ1v) is 13.1. The summed E-state index contributed by atoms with van der Waals surface area (Å²) >= 11 is 0. The van der Waals surface area contributed by atoms with Gasteiger partial charge in [0.1, 0.15) is 5.65 Å². The molecule has 4 aromatic rings. The molecule has 0 saturated carbocycles. The normalized spacial score (nSPS) is 17.2. The first-order valence-electron chi connectivity index (χ1n) is 13.1. The smallest absolute Gasteiger partial charge is 0.253 e. The van der Waals surface area contributed by atoms with Gasteiger partial charge in [0.05, 0.1) is 6.10 Å². The van der Waals surface area contributed by atoms with Crippen molar-refractivity contribution in [1.29, 1.82) is 0 Å². The number of amides is 1. The highest BCUT2D eigenvalue weighted by molar-refractivity contribution is 5.98. The first-order chi connectivity index (χ1) is 17.8. The number of aliphatic hydroxyl groups excluding tert-OH is 1. The van der Waals surface area contributed by atoms with Crippen molar-refractivity contribution in [3.05, 3.63) is 77.6 Å². The molecule has 192 valence electrons. The number of benzene rings is 2. The van der Waals surface area contributed by atoms with Crippen molar-refractivity contribution in [2.24, 2.45) is 0 Å². The summed E-state index contributed by atoms with van der Waals surface area (Å²) in [5.74, 6) is 0.500. The van der Waals surface area contributed by atoms with Crippen LogP contribution in [0.1, 0.15) is 47.2 Å². The standard InChI is InChI=1S/C31H36N4O2/c1-20-14-24(11-12-27(20)25-6-5-13-34(3)19-25)26-15-28-29(17-33-30(28)32-16-26)22-7-9-23(10-8-22)31(37)35(4)18-21(2)36/h7-12,14-17,21,25,36H,5-6,13,18-19H2,1-4H3,(H,32,33). The van der Waals surface area contributed by atoms with Gasteiger partial charge in [-0.3, -0.25) is 4.79 Å². The fourth-order valence-corrected chi connectivity index (χ4v) is 5.63. The van der Waals surface area contributed by atoms with E-state index in [4.69, 9.17) is 4.98 Å². The number of carbonyl (C=O) groups is 1. The van der Waals surface area contributed by atoms with Crippen LogP contribution in [0.5, 0.6) is 0 Å². The molecule has 2 aromatic carbocycles.